The maximum atomic E-state index is 12.3. The normalized spacial score (nSPS) is 11.9. The van der Waals surface area contributed by atoms with Crippen LogP contribution in [0, 0.1) is 6.92 Å². The highest BCUT2D eigenvalue weighted by Gasteiger charge is 2.23. The number of hydrogen-bond acceptors (Lipinski definition) is 6. The monoisotopic (exact) mass is 331 g/mol. The quantitative estimate of drug-likeness (QED) is 0.572. The summed E-state index contributed by atoms with van der Waals surface area (Å²) in [5.41, 5.74) is 1.84. The molecular weight excluding hydrogens is 314 g/mol. The van der Waals surface area contributed by atoms with Gasteiger partial charge in [-0.25, -0.2) is 13.1 Å². The van der Waals surface area contributed by atoms with Crippen LogP contribution in [0.1, 0.15) is 23.9 Å². The highest BCUT2D eigenvalue weighted by Crippen LogP contribution is 2.16. The van der Waals surface area contributed by atoms with Crippen LogP contribution in [0.25, 0.3) is 0 Å². The van der Waals surface area contributed by atoms with Crippen molar-refractivity contribution in [1.82, 2.24) is 25.2 Å². The van der Waals surface area contributed by atoms with Crippen molar-refractivity contribution in [3.05, 3.63) is 32.0 Å². The minimum atomic E-state index is -3.74. The standard InChI is InChI=1S/C11H17N5O3S2/c1-3-12-5-9-7(2)15-16-10(9)21(18,19)13-4-8-6-20-11(17)14-8/h6,12-13H,3-5H2,1-2H3,(H,14,17)(H,15,16). The van der Waals surface area contributed by atoms with Gasteiger partial charge < -0.3 is 10.3 Å². The lowest BCUT2D eigenvalue weighted by Gasteiger charge is -2.06. The lowest BCUT2D eigenvalue weighted by molar-refractivity contribution is 0.573. The third kappa shape index (κ3) is 3.79. The minimum absolute atomic E-state index is 0.0153. The fraction of sp³-hybridized carbons (Fsp3) is 0.455. The average Bonchev–Trinajstić information content (AvgIpc) is 3.01. The van der Waals surface area contributed by atoms with Gasteiger partial charge in [-0.15, -0.1) is 0 Å². The Kier molecular flexibility index (Phi) is 4.93. The second kappa shape index (κ2) is 6.52. The smallest absolute Gasteiger partial charge is 0.304 e. The van der Waals surface area contributed by atoms with E-state index in [1.165, 1.54) is 0 Å². The fourth-order valence-corrected chi connectivity index (χ4v) is 3.53. The summed E-state index contributed by atoms with van der Waals surface area (Å²) in [6, 6.07) is 0. The van der Waals surface area contributed by atoms with E-state index < -0.39 is 10.0 Å². The minimum Gasteiger partial charge on any atom is -0.315 e. The van der Waals surface area contributed by atoms with Gasteiger partial charge in [-0.2, -0.15) is 5.10 Å². The lowest BCUT2D eigenvalue weighted by Crippen LogP contribution is -2.26. The van der Waals surface area contributed by atoms with Crippen LogP contribution in [0.4, 0.5) is 0 Å². The second-order valence-electron chi connectivity index (χ2n) is 4.41. The first-order chi connectivity index (χ1) is 9.94. The van der Waals surface area contributed by atoms with Crippen LogP contribution in [-0.4, -0.2) is 30.1 Å². The zero-order valence-corrected chi connectivity index (χ0v) is 13.3. The number of aryl methyl sites for hydroxylation is 1. The largest absolute Gasteiger partial charge is 0.315 e. The van der Waals surface area contributed by atoms with Gasteiger partial charge in [0.2, 0.25) is 0 Å². The number of H-pyrrole nitrogens is 2. The molecule has 0 fully saturated rings. The van der Waals surface area contributed by atoms with Gasteiger partial charge in [-0.3, -0.25) is 9.89 Å². The van der Waals surface area contributed by atoms with Gasteiger partial charge in [-0.05, 0) is 13.5 Å². The molecule has 0 unspecified atom stereocenters. The molecule has 21 heavy (non-hydrogen) atoms. The predicted molar refractivity (Wildman–Crippen MR) is 79.7 cm³/mol. The number of hydrogen-bond donors (Lipinski definition) is 4. The Bertz CT molecular complexity index is 759. The third-order valence-corrected chi connectivity index (χ3v) is 4.96. The van der Waals surface area contributed by atoms with Crippen LogP contribution in [0.5, 0.6) is 0 Å². The molecule has 0 saturated heterocycles. The first kappa shape index (κ1) is 15.9. The number of rotatable bonds is 7. The summed E-state index contributed by atoms with van der Waals surface area (Å²) in [6.07, 6.45) is 0. The summed E-state index contributed by atoms with van der Waals surface area (Å²) in [5, 5.41) is 11.2. The van der Waals surface area contributed by atoms with Gasteiger partial charge in [0, 0.05) is 28.9 Å². The summed E-state index contributed by atoms with van der Waals surface area (Å²) in [4.78, 5) is 13.4. The van der Waals surface area contributed by atoms with E-state index in [4.69, 9.17) is 0 Å². The molecule has 0 spiro atoms. The van der Waals surface area contributed by atoms with Crippen molar-refractivity contribution in [2.24, 2.45) is 0 Å². The Morgan fingerprint density at radius 3 is 2.76 bits per heavy atom. The van der Waals surface area contributed by atoms with Gasteiger partial charge >= 0.3 is 4.87 Å². The van der Waals surface area contributed by atoms with Crippen molar-refractivity contribution in [2.75, 3.05) is 6.54 Å². The highest BCUT2D eigenvalue weighted by atomic mass is 32.2. The Labute approximate surface area is 126 Å². The summed E-state index contributed by atoms with van der Waals surface area (Å²) < 4.78 is 27.0. The molecule has 0 saturated carbocycles. The average molecular weight is 331 g/mol. The molecule has 0 aliphatic heterocycles. The van der Waals surface area contributed by atoms with E-state index in [1.54, 1.807) is 12.3 Å². The maximum absolute atomic E-state index is 12.3. The van der Waals surface area contributed by atoms with E-state index in [0.29, 0.717) is 23.5 Å². The molecule has 0 aromatic carbocycles. The van der Waals surface area contributed by atoms with E-state index in [9.17, 15) is 13.2 Å². The highest BCUT2D eigenvalue weighted by molar-refractivity contribution is 7.89. The van der Waals surface area contributed by atoms with Gasteiger partial charge in [0.05, 0.1) is 6.54 Å². The molecule has 2 rings (SSSR count). The van der Waals surface area contributed by atoms with Crippen LogP contribution >= 0.6 is 11.3 Å². The third-order valence-electron chi connectivity index (χ3n) is 2.87. The summed E-state index contributed by atoms with van der Waals surface area (Å²) >= 11 is 0.991. The van der Waals surface area contributed by atoms with Crippen LogP contribution in [0.15, 0.2) is 15.2 Å². The molecule has 8 nitrogen and oxygen atoms in total. The molecule has 2 aromatic heterocycles. The van der Waals surface area contributed by atoms with E-state index in [-0.39, 0.29) is 16.4 Å². The van der Waals surface area contributed by atoms with Crippen LogP contribution in [0.3, 0.4) is 0 Å². The Balaban J connectivity index is 2.17. The van der Waals surface area contributed by atoms with Crippen molar-refractivity contribution in [3.63, 3.8) is 0 Å². The number of aromatic nitrogens is 3. The molecule has 116 valence electrons. The first-order valence-electron chi connectivity index (χ1n) is 6.35. The summed E-state index contributed by atoms with van der Waals surface area (Å²) in [5.74, 6) is 0. The van der Waals surface area contributed by atoms with E-state index in [2.05, 4.69) is 25.2 Å². The molecule has 0 aliphatic carbocycles. The summed E-state index contributed by atoms with van der Waals surface area (Å²) in [6.45, 7) is 4.88. The molecule has 0 radical (unpaired) electrons. The molecule has 4 N–H and O–H groups in total. The number of nitrogens with one attached hydrogen (secondary N) is 4. The van der Waals surface area contributed by atoms with Crippen molar-refractivity contribution in [2.45, 2.75) is 32.0 Å². The van der Waals surface area contributed by atoms with Crippen molar-refractivity contribution in [1.29, 1.82) is 0 Å². The fourth-order valence-electron chi connectivity index (χ4n) is 1.75. The molecule has 10 heteroatoms. The number of thiazole rings is 1. The zero-order chi connectivity index (χ0) is 15.5. The number of aromatic amines is 2. The lowest BCUT2D eigenvalue weighted by atomic mass is 10.2. The van der Waals surface area contributed by atoms with Crippen molar-refractivity contribution in [3.8, 4) is 0 Å². The molecule has 0 atom stereocenters. The van der Waals surface area contributed by atoms with Gasteiger partial charge in [-0.1, -0.05) is 18.3 Å². The first-order valence-corrected chi connectivity index (χ1v) is 8.71. The van der Waals surface area contributed by atoms with Crippen LogP contribution in [-0.2, 0) is 23.1 Å². The zero-order valence-electron chi connectivity index (χ0n) is 11.7. The van der Waals surface area contributed by atoms with E-state index >= 15 is 0 Å². The molecular formula is C11H17N5O3S2. The SMILES string of the molecule is CCNCc1c(S(=O)(=O)NCc2csc(=O)[nH]2)n[nH]c1C. The topological polar surface area (TPSA) is 120 Å². The molecule has 0 amide bonds. The maximum Gasteiger partial charge on any atom is 0.304 e. The predicted octanol–water partition coefficient (Wildman–Crippen LogP) is 0.0559. The number of sulfonamides is 1. The molecule has 0 bridgehead atoms. The Hall–Kier alpha value is -1.49. The number of nitrogens with zero attached hydrogens (tertiary/aromatic N) is 1. The van der Waals surface area contributed by atoms with Gasteiger partial charge in [0.25, 0.3) is 10.0 Å². The molecule has 2 aromatic rings. The summed E-state index contributed by atoms with van der Waals surface area (Å²) in [7, 11) is -3.74. The Morgan fingerprint density at radius 1 is 1.38 bits per heavy atom. The van der Waals surface area contributed by atoms with Gasteiger partial charge in [0.1, 0.15) is 0 Å². The van der Waals surface area contributed by atoms with Gasteiger partial charge in [0.15, 0.2) is 5.03 Å². The molecule has 2 heterocycles. The van der Waals surface area contributed by atoms with E-state index in [1.807, 2.05) is 6.92 Å². The second-order valence-corrected chi connectivity index (χ2v) is 6.94. The molecule has 0 aliphatic rings. The van der Waals surface area contributed by atoms with Crippen LogP contribution in [0.2, 0.25) is 0 Å². The van der Waals surface area contributed by atoms with Crippen molar-refractivity contribution < 1.29 is 8.42 Å². The van der Waals surface area contributed by atoms with E-state index in [0.717, 1.165) is 17.9 Å². The van der Waals surface area contributed by atoms with Crippen molar-refractivity contribution >= 4 is 21.4 Å². The van der Waals surface area contributed by atoms with Crippen LogP contribution < -0.4 is 14.9 Å². The Morgan fingerprint density at radius 2 is 2.14 bits per heavy atom.